The molecule has 3 N–H and O–H groups in total. The first kappa shape index (κ1) is 13.3. The molecule has 0 bridgehead atoms. The summed E-state index contributed by atoms with van der Waals surface area (Å²) in [4.78, 5) is 11.9. The molecule has 98 valence electrons. The summed E-state index contributed by atoms with van der Waals surface area (Å²) in [7, 11) is 0. The van der Waals surface area contributed by atoms with Gasteiger partial charge in [-0.15, -0.1) is 0 Å². The molecule has 0 radical (unpaired) electrons. The van der Waals surface area contributed by atoms with Gasteiger partial charge in [-0.2, -0.15) is 0 Å². The van der Waals surface area contributed by atoms with Crippen LogP contribution < -0.4 is 5.73 Å². The van der Waals surface area contributed by atoms with Gasteiger partial charge in [-0.25, -0.2) is 0 Å². The normalized spacial score (nSPS) is 15.5. The van der Waals surface area contributed by atoms with Gasteiger partial charge in [-0.05, 0) is 18.1 Å². The summed E-state index contributed by atoms with van der Waals surface area (Å²) >= 11 is 0. The average Bonchev–Trinajstić information content (AvgIpc) is 2.47. The lowest BCUT2D eigenvalue weighted by Crippen LogP contribution is -2.43. The van der Waals surface area contributed by atoms with Crippen LogP contribution in [0.3, 0.4) is 0 Å². The van der Waals surface area contributed by atoms with E-state index in [0.29, 0.717) is 11.1 Å². The Balaban J connectivity index is 2.49. The molecule has 2 rings (SSSR count). The molecule has 0 heterocycles. The van der Waals surface area contributed by atoms with Crippen molar-refractivity contribution in [2.45, 2.75) is 18.4 Å². The Morgan fingerprint density at radius 1 is 1.05 bits per heavy atom. The number of rotatable bonds is 4. The Labute approximate surface area is 112 Å². The molecule has 3 heteroatoms. The smallest absolute Gasteiger partial charge is 0.230 e. The third-order valence-corrected chi connectivity index (χ3v) is 3.55. The van der Waals surface area contributed by atoms with Gasteiger partial charge in [-0.3, -0.25) is 4.79 Å². The van der Waals surface area contributed by atoms with E-state index in [1.807, 2.05) is 36.4 Å². The minimum absolute atomic E-state index is 0.546. The van der Waals surface area contributed by atoms with Crippen LogP contribution in [0.5, 0.6) is 0 Å². The number of hydrogen-bond donors (Lipinski definition) is 2. The molecule has 0 spiro atoms. The third-order valence-electron chi connectivity index (χ3n) is 3.55. The number of benzene rings is 2. The lowest BCUT2D eigenvalue weighted by Gasteiger charge is -2.32. The highest BCUT2D eigenvalue weighted by molar-refractivity contribution is 5.87. The van der Waals surface area contributed by atoms with Gasteiger partial charge in [-0.1, -0.05) is 60.7 Å². The van der Waals surface area contributed by atoms with E-state index in [4.69, 9.17) is 5.73 Å². The van der Waals surface area contributed by atoms with Gasteiger partial charge in [0.25, 0.3) is 0 Å². The van der Waals surface area contributed by atoms with Crippen molar-refractivity contribution in [1.82, 2.24) is 0 Å². The number of carbonyl (C=O) groups excluding carboxylic acids is 1. The Morgan fingerprint density at radius 2 is 1.53 bits per heavy atom. The molecular weight excluding hydrogens is 238 g/mol. The SMILES string of the molecule is CC(C(N)=O)(c1ccccc1)C(O)c1ccccc1. The minimum atomic E-state index is -1.15. The molecule has 0 saturated carbocycles. The topological polar surface area (TPSA) is 63.3 Å². The van der Waals surface area contributed by atoms with Crippen molar-refractivity contribution < 1.29 is 9.90 Å². The standard InChI is InChI=1S/C16H17NO2/c1-16(15(17)19,13-10-6-3-7-11-13)14(18)12-8-4-2-5-9-12/h2-11,14,18H,1H3,(H2,17,19). The van der Waals surface area contributed by atoms with Gasteiger partial charge in [0.05, 0.1) is 6.10 Å². The summed E-state index contributed by atoms with van der Waals surface area (Å²) < 4.78 is 0. The Kier molecular flexibility index (Phi) is 3.67. The van der Waals surface area contributed by atoms with Crippen LogP contribution in [0.4, 0.5) is 0 Å². The molecule has 0 aliphatic rings. The van der Waals surface area contributed by atoms with E-state index in [1.54, 1.807) is 31.2 Å². The van der Waals surface area contributed by atoms with E-state index in [1.165, 1.54) is 0 Å². The molecule has 2 atom stereocenters. The summed E-state index contributed by atoms with van der Waals surface area (Å²) in [6.45, 7) is 1.67. The number of hydrogen-bond acceptors (Lipinski definition) is 2. The van der Waals surface area contributed by atoms with Crippen LogP contribution >= 0.6 is 0 Å². The molecule has 0 saturated heterocycles. The van der Waals surface area contributed by atoms with E-state index in [0.717, 1.165) is 0 Å². The predicted molar refractivity (Wildman–Crippen MR) is 74.4 cm³/mol. The second-order valence-corrected chi connectivity index (χ2v) is 4.75. The van der Waals surface area contributed by atoms with Gasteiger partial charge in [0, 0.05) is 0 Å². The number of nitrogens with two attached hydrogens (primary N) is 1. The summed E-state index contributed by atoms with van der Waals surface area (Å²) in [5.41, 5.74) is 5.77. The third kappa shape index (κ3) is 2.37. The van der Waals surface area contributed by atoms with E-state index in [-0.39, 0.29) is 0 Å². The van der Waals surface area contributed by atoms with Crippen LogP contribution in [0, 0.1) is 0 Å². The number of aliphatic hydroxyl groups is 1. The Hall–Kier alpha value is -2.13. The average molecular weight is 255 g/mol. The maximum atomic E-state index is 11.9. The molecule has 0 aliphatic carbocycles. The highest BCUT2D eigenvalue weighted by Crippen LogP contribution is 2.36. The molecule has 2 unspecified atom stereocenters. The molecule has 19 heavy (non-hydrogen) atoms. The summed E-state index contributed by atoms with van der Waals surface area (Å²) in [6, 6.07) is 18.2. The minimum Gasteiger partial charge on any atom is -0.387 e. The quantitative estimate of drug-likeness (QED) is 0.879. The van der Waals surface area contributed by atoms with Gasteiger partial charge in [0.1, 0.15) is 5.41 Å². The summed E-state index contributed by atoms with van der Waals surface area (Å²) in [5.74, 6) is -0.546. The lowest BCUT2D eigenvalue weighted by molar-refractivity contribution is -0.127. The molecular formula is C16H17NO2. The first-order valence-corrected chi connectivity index (χ1v) is 6.15. The maximum absolute atomic E-state index is 11.9. The van der Waals surface area contributed by atoms with Crippen LogP contribution in [0.25, 0.3) is 0 Å². The first-order valence-electron chi connectivity index (χ1n) is 6.15. The predicted octanol–water partition coefficient (Wildman–Crippen LogP) is 2.16. The maximum Gasteiger partial charge on any atom is 0.230 e. The molecule has 2 aromatic rings. The molecule has 0 aliphatic heterocycles. The number of primary amides is 1. The van der Waals surface area contributed by atoms with E-state index >= 15 is 0 Å². The van der Waals surface area contributed by atoms with Crippen molar-refractivity contribution >= 4 is 5.91 Å². The van der Waals surface area contributed by atoms with Gasteiger partial charge in [0.15, 0.2) is 0 Å². The Bertz CT molecular complexity index is 553. The second-order valence-electron chi connectivity index (χ2n) is 4.75. The molecule has 2 aromatic carbocycles. The van der Waals surface area contributed by atoms with Crippen molar-refractivity contribution in [3.8, 4) is 0 Å². The van der Waals surface area contributed by atoms with Crippen molar-refractivity contribution in [3.63, 3.8) is 0 Å². The zero-order valence-corrected chi connectivity index (χ0v) is 10.8. The van der Waals surface area contributed by atoms with Crippen molar-refractivity contribution in [1.29, 1.82) is 0 Å². The largest absolute Gasteiger partial charge is 0.387 e. The van der Waals surface area contributed by atoms with Crippen LogP contribution in [-0.4, -0.2) is 11.0 Å². The van der Waals surface area contributed by atoms with Crippen molar-refractivity contribution in [2.24, 2.45) is 5.73 Å². The van der Waals surface area contributed by atoms with E-state index in [2.05, 4.69) is 0 Å². The van der Waals surface area contributed by atoms with E-state index in [9.17, 15) is 9.90 Å². The molecule has 3 nitrogen and oxygen atoms in total. The van der Waals surface area contributed by atoms with Gasteiger partial charge in [0.2, 0.25) is 5.91 Å². The van der Waals surface area contributed by atoms with Crippen molar-refractivity contribution in [3.05, 3.63) is 71.8 Å². The van der Waals surface area contributed by atoms with Crippen molar-refractivity contribution in [2.75, 3.05) is 0 Å². The van der Waals surface area contributed by atoms with Crippen LogP contribution in [-0.2, 0) is 10.2 Å². The van der Waals surface area contributed by atoms with Crippen LogP contribution in [0.1, 0.15) is 24.2 Å². The zero-order chi connectivity index (χ0) is 13.9. The van der Waals surface area contributed by atoms with Crippen LogP contribution in [0.2, 0.25) is 0 Å². The second kappa shape index (κ2) is 5.24. The fourth-order valence-electron chi connectivity index (χ4n) is 2.19. The number of carbonyl (C=O) groups is 1. The fraction of sp³-hybridized carbons (Fsp3) is 0.188. The van der Waals surface area contributed by atoms with Gasteiger partial charge < -0.3 is 10.8 Å². The highest BCUT2D eigenvalue weighted by atomic mass is 16.3. The lowest BCUT2D eigenvalue weighted by atomic mass is 9.74. The number of aliphatic hydroxyl groups excluding tert-OH is 1. The van der Waals surface area contributed by atoms with E-state index < -0.39 is 17.4 Å². The summed E-state index contributed by atoms with van der Waals surface area (Å²) in [6.07, 6.45) is -0.978. The van der Waals surface area contributed by atoms with Gasteiger partial charge >= 0.3 is 0 Å². The molecule has 0 fully saturated rings. The monoisotopic (exact) mass is 255 g/mol. The van der Waals surface area contributed by atoms with Crippen LogP contribution in [0.15, 0.2) is 60.7 Å². The highest BCUT2D eigenvalue weighted by Gasteiger charge is 2.41. The number of amides is 1. The Morgan fingerprint density at radius 3 is 2.00 bits per heavy atom. The molecule has 1 amide bonds. The fourth-order valence-corrected chi connectivity index (χ4v) is 2.19. The molecule has 0 aromatic heterocycles. The first-order chi connectivity index (χ1) is 9.06. The zero-order valence-electron chi connectivity index (χ0n) is 10.8. The summed E-state index contributed by atoms with van der Waals surface area (Å²) in [5, 5.41) is 10.6.